The van der Waals surface area contributed by atoms with Crippen LogP contribution in [0.5, 0.6) is 0 Å². The fraction of sp³-hybridized carbons (Fsp3) is 0.346. The molecule has 34 heavy (non-hydrogen) atoms. The number of carbonyl (C=O) groups excluding carboxylic acids is 1. The second-order valence-electron chi connectivity index (χ2n) is 9.49. The van der Waals surface area contributed by atoms with Crippen LogP contribution in [0.25, 0.3) is 21.0 Å². The zero-order valence-corrected chi connectivity index (χ0v) is 20.9. The Bertz CT molecular complexity index is 1350. The quantitative estimate of drug-likeness (QED) is 0.392. The minimum absolute atomic E-state index is 0.159. The number of aromatic nitrogens is 2. The fourth-order valence-corrected chi connectivity index (χ4v) is 6.10. The van der Waals surface area contributed by atoms with Crippen LogP contribution in [0.3, 0.4) is 0 Å². The third kappa shape index (κ3) is 4.73. The number of piperazine rings is 1. The first-order valence-corrected chi connectivity index (χ1v) is 12.8. The molecule has 2 aromatic carbocycles. The molecule has 1 fully saturated rings. The molecule has 4 aromatic rings. The van der Waals surface area contributed by atoms with Gasteiger partial charge in [0.25, 0.3) is 0 Å². The van der Waals surface area contributed by atoms with Gasteiger partial charge in [0.05, 0.1) is 12.1 Å². The molecule has 0 aliphatic carbocycles. The Hall–Kier alpha value is -2.74. The highest BCUT2D eigenvalue weighted by molar-refractivity contribution is 7.17. The van der Waals surface area contributed by atoms with Crippen molar-refractivity contribution in [1.82, 2.24) is 19.8 Å². The van der Waals surface area contributed by atoms with Crippen LogP contribution in [0.4, 0.5) is 5.82 Å². The Labute approximate surface area is 208 Å². The Balaban J connectivity index is 1.36. The number of fused-ring (bicyclic) bond motifs is 2. The van der Waals surface area contributed by atoms with E-state index in [1.54, 1.807) is 11.3 Å². The summed E-state index contributed by atoms with van der Waals surface area (Å²) < 4.78 is 1.19. The Morgan fingerprint density at radius 3 is 2.79 bits per heavy atom. The maximum atomic E-state index is 13.4. The largest absolute Gasteiger partial charge is 0.383 e. The van der Waals surface area contributed by atoms with Crippen molar-refractivity contribution in [2.75, 3.05) is 18.8 Å². The second-order valence-corrected chi connectivity index (χ2v) is 10.8. The summed E-state index contributed by atoms with van der Waals surface area (Å²) in [5.41, 5.74) is 9.10. The number of thiophene rings is 1. The third-order valence-corrected chi connectivity index (χ3v) is 7.66. The van der Waals surface area contributed by atoms with Crippen LogP contribution in [0.1, 0.15) is 31.4 Å². The van der Waals surface area contributed by atoms with E-state index in [-0.39, 0.29) is 11.9 Å². The zero-order valence-electron chi connectivity index (χ0n) is 19.4. The number of benzene rings is 2. The summed E-state index contributed by atoms with van der Waals surface area (Å²) in [5, 5.41) is 5.01. The van der Waals surface area contributed by atoms with Gasteiger partial charge in [0.2, 0.25) is 5.91 Å². The molecule has 0 bridgehead atoms. The lowest BCUT2D eigenvalue weighted by Crippen LogP contribution is -2.55. The van der Waals surface area contributed by atoms with E-state index in [0.717, 1.165) is 41.0 Å². The number of carbonyl (C=O) groups is 1. The minimum atomic E-state index is 0.159. The molecular formula is C26H28ClN5OS. The van der Waals surface area contributed by atoms with Gasteiger partial charge in [-0.2, -0.15) is 0 Å². The number of hydrogen-bond acceptors (Lipinski definition) is 6. The number of nitrogen functional groups attached to an aromatic ring is 1. The van der Waals surface area contributed by atoms with E-state index in [9.17, 15) is 4.79 Å². The van der Waals surface area contributed by atoms with Gasteiger partial charge < -0.3 is 10.6 Å². The van der Waals surface area contributed by atoms with Crippen molar-refractivity contribution in [1.29, 1.82) is 0 Å². The Kier molecular flexibility index (Phi) is 6.42. The van der Waals surface area contributed by atoms with Crippen molar-refractivity contribution < 1.29 is 4.79 Å². The van der Waals surface area contributed by atoms with Crippen molar-refractivity contribution in [2.24, 2.45) is 5.92 Å². The summed E-state index contributed by atoms with van der Waals surface area (Å²) in [5.74, 6) is 1.14. The maximum Gasteiger partial charge on any atom is 0.237 e. The lowest BCUT2D eigenvalue weighted by molar-refractivity contribution is -0.141. The molecule has 0 saturated carbocycles. The van der Waals surface area contributed by atoms with Crippen molar-refractivity contribution in [2.45, 2.75) is 39.4 Å². The molecule has 0 radical (unpaired) electrons. The lowest BCUT2D eigenvalue weighted by Gasteiger charge is -2.42. The highest BCUT2D eigenvalue weighted by Crippen LogP contribution is 2.31. The standard InChI is InChI=1S/C26H28ClN5OS/c1-16(2)7-20-12-31(11-18-14-34-24-9-19(27)4-6-21(18)24)13-25(33)32(20)10-17-3-5-22-23(8-17)29-15-30-26(22)28/h3-6,8-9,14-16,20H,7,10-13H2,1-2H3,(H2,28,29,30)/t20-/m0/s1. The monoisotopic (exact) mass is 493 g/mol. The smallest absolute Gasteiger partial charge is 0.237 e. The molecule has 5 rings (SSSR count). The highest BCUT2D eigenvalue weighted by Gasteiger charge is 2.33. The van der Waals surface area contributed by atoms with Gasteiger partial charge in [0.1, 0.15) is 12.1 Å². The van der Waals surface area contributed by atoms with Crippen LogP contribution in [-0.2, 0) is 17.9 Å². The normalized spacial score (nSPS) is 17.4. The molecule has 0 unspecified atom stereocenters. The molecule has 1 atom stereocenters. The molecule has 176 valence electrons. The van der Waals surface area contributed by atoms with Crippen molar-refractivity contribution >= 4 is 55.7 Å². The van der Waals surface area contributed by atoms with Gasteiger partial charge in [-0.15, -0.1) is 11.3 Å². The zero-order chi connectivity index (χ0) is 23.8. The number of amides is 1. The van der Waals surface area contributed by atoms with E-state index in [1.165, 1.54) is 22.0 Å². The van der Waals surface area contributed by atoms with Crippen LogP contribution in [0, 0.1) is 5.92 Å². The molecular weight excluding hydrogens is 466 g/mol. The van der Waals surface area contributed by atoms with Crippen LogP contribution in [0.15, 0.2) is 48.1 Å². The Morgan fingerprint density at radius 2 is 1.97 bits per heavy atom. The average Bonchev–Trinajstić information content (AvgIpc) is 3.17. The van der Waals surface area contributed by atoms with Gasteiger partial charge in [-0.1, -0.05) is 37.6 Å². The lowest BCUT2D eigenvalue weighted by atomic mass is 9.98. The summed E-state index contributed by atoms with van der Waals surface area (Å²) in [6.45, 7) is 7.05. The van der Waals surface area contributed by atoms with E-state index < -0.39 is 0 Å². The predicted molar refractivity (Wildman–Crippen MR) is 140 cm³/mol. The van der Waals surface area contributed by atoms with E-state index >= 15 is 0 Å². The van der Waals surface area contributed by atoms with E-state index in [4.69, 9.17) is 17.3 Å². The van der Waals surface area contributed by atoms with Gasteiger partial charge in [0, 0.05) is 40.8 Å². The number of rotatable bonds is 6. The van der Waals surface area contributed by atoms with Crippen LogP contribution >= 0.6 is 22.9 Å². The summed E-state index contributed by atoms with van der Waals surface area (Å²) in [6, 6.07) is 12.2. The number of halogens is 1. The number of nitrogens with two attached hydrogens (primary N) is 1. The van der Waals surface area contributed by atoms with Gasteiger partial charge in [-0.05, 0) is 58.5 Å². The highest BCUT2D eigenvalue weighted by atomic mass is 35.5. The minimum Gasteiger partial charge on any atom is -0.383 e. The van der Waals surface area contributed by atoms with Crippen molar-refractivity contribution in [3.8, 4) is 0 Å². The molecule has 2 aromatic heterocycles. The topological polar surface area (TPSA) is 75.4 Å². The molecule has 6 nitrogen and oxygen atoms in total. The third-order valence-electron chi connectivity index (χ3n) is 6.43. The van der Waals surface area contributed by atoms with Gasteiger partial charge in [-0.25, -0.2) is 9.97 Å². The molecule has 2 N–H and O–H groups in total. The molecule has 8 heteroatoms. The molecule has 1 aliphatic rings. The first-order valence-electron chi connectivity index (χ1n) is 11.5. The summed E-state index contributed by atoms with van der Waals surface area (Å²) in [4.78, 5) is 26.1. The molecule has 0 spiro atoms. The van der Waals surface area contributed by atoms with Crippen LogP contribution < -0.4 is 5.73 Å². The van der Waals surface area contributed by atoms with Gasteiger partial charge in [-0.3, -0.25) is 9.69 Å². The molecule has 1 amide bonds. The van der Waals surface area contributed by atoms with Crippen molar-refractivity contribution in [3.63, 3.8) is 0 Å². The number of hydrogen-bond donors (Lipinski definition) is 1. The summed E-state index contributed by atoms with van der Waals surface area (Å²) in [7, 11) is 0. The molecule has 1 aliphatic heterocycles. The van der Waals surface area contributed by atoms with Crippen molar-refractivity contribution in [3.05, 3.63) is 64.3 Å². The molecule has 1 saturated heterocycles. The van der Waals surface area contributed by atoms with Crippen LogP contribution in [-0.4, -0.2) is 44.8 Å². The number of anilines is 1. The Morgan fingerprint density at radius 1 is 1.15 bits per heavy atom. The first-order chi connectivity index (χ1) is 16.4. The summed E-state index contributed by atoms with van der Waals surface area (Å²) in [6.07, 6.45) is 2.44. The van der Waals surface area contributed by atoms with Gasteiger partial charge in [0.15, 0.2) is 0 Å². The SMILES string of the molecule is CC(C)C[C@H]1CN(Cc2csc3cc(Cl)ccc23)CC(=O)N1Cc1ccc2c(N)ncnc2c1. The van der Waals surface area contributed by atoms with Gasteiger partial charge >= 0.3 is 0 Å². The maximum absolute atomic E-state index is 13.4. The van der Waals surface area contributed by atoms with E-state index in [2.05, 4.69) is 40.2 Å². The average molecular weight is 494 g/mol. The first kappa shape index (κ1) is 23.0. The predicted octanol–water partition coefficient (Wildman–Crippen LogP) is 5.34. The molecule has 3 heterocycles. The van der Waals surface area contributed by atoms with Crippen LogP contribution in [0.2, 0.25) is 5.02 Å². The summed E-state index contributed by atoms with van der Waals surface area (Å²) >= 11 is 7.87. The number of nitrogens with zero attached hydrogens (tertiary/aromatic N) is 4. The fourth-order valence-electron chi connectivity index (χ4n) is 4.87. The second kappa shape index (κ2) is 9.49. The van der Waals surface area contributed by atoms with E-state index in [0.29, 0.717) is 24.8 Å². The van der Waals surface area contributed by atoms with E-state index in [1.807, 2.05) is 35.2 Å².